The van der Waals surface area contributed by atoms with Gasteiger partial charge in [0.25, 0.3) is 16.0 Å². The summed E-state index contributed by atoms with van der Waals surface area (Å²) < 4.78 is 32.9. The molecule has 2 aromatic carbocycles. The molecule has 1 amide bonds. The lowest BCUT2D eigenvalue weighted by Gasteiger charge is -2.38. The second-order valence-corrected chi connectivity index (χ2v) is 11.7. The van der Waals surface area contributed by atoms with Crippen LogP contribution in [-0.2, 0) is 16.7 Å². The standard InChI is InChI=1S/C24H29ClN6O2.C2H6O3S/c1-24(2)29-22(26)28-23(27)31(24)18-9-10-20(19(25)14-18)33-15-16-7-6-8-17(13-16)21(32)30-11-4-3-5-12-30;1-2-6(3,4)5/h6-10,13-14H,3-5,11-12,15H2,1-2H3,(H4,26,27,28,29);2H2,1H3,(H,3,4,5). The molecule has 0 saturated carbocycles. The Balaban J connectivity index is 0.000000631. The van der Waals surface area contributed by atoms with Crippen LogP contribution >= 0.6 is 11.6 Å². The normalized spacial score (nSPS) is 16.9. The average Bonchev–Trinajstić information content (AvgIpc) is 2.87. The van der Waals surface area contributed by atoms with Gasteiger partial charge in [0, 0.05) is 24.3 Å². The van der Waals surface area contributed by atoms with Crippen LogP contribution in [0.2, 0.25) is 5.02 Å². The summed E-state index contributed by atoms with van der Waals surface area (Å²) >= 11 is 6.51. The monoisotopic (exact) mass is 578 g/mol. The number of piperidine rings is 1. The highest BCUT2D eigenvalue weighted by Crippen LogP contribution is 2.34. The third-order valence-electron chi connectivity index (χ3n) is 6.14. The number of nitrogens with two attached hydrogens (primary N) is 2. The number of guanidine groups is 2. The lowest BCUT2D eigenvalue weighted by molar-refractivity contribution is 0.0724. The first kappa shape index (κ1) is 30.2. The lowest BCUT2D eigenvalue weighted by atomic mass is 10.1. The first-order valence-corrected chi connectivity index (χ1v) is 14.5. The van der Waals surface area contributed by atoms with Gasteiger partial charge in [-0.15, -0.1) is 0 Å². The minimum absolute atomic E-state index is 0.0747. The van der Waals surface area contributed by atoms with Gasteiger partial charge in [0.2, 0.25) is 11.9 Å². The summed E-state index contributed by atoms with van der Waals surface area (Å²) in [4.78, 5) is 24.9. The Morgan fingerprint density at radius 3 is 2.38 bits per heavy atom. The molecule has 1 fully saturated rings. The predicted molar refractivity (Wildman–Crippen MR) is 154 cm³/mol. The molecule has 13 heteroatoms. The number of ether oxygens (including phenoxy) is 1. The van der Waals surface area contributed by atoms with Gasteiger partial charge >= 0.3 is 0 Å². The zero-order valence-electron chi connectivity index (χ0n) is 22.3. The van der Waals surface area contributed by atoms with Gasteiger partial charge < -0.3 is 21.1 Å². The van der Waals surface area contributed by atoms with Gasteiger partial charge in [0.15, 0.2) is 0 Å². The van der Waals surface area contributed by atoms with Crippen molar-refractivity contribution in [2.24, 2.45) is 21.5 Å². The first-order chi connectivity index (χ1) is 18.3. The summed E-state index contributed by atoms with van der Waals surface area (Å²) in [6.07, 6.45) is 3.32. The Labute approximate surface area is 234 Å². The number of hydrogen-bond acceptors (Lipinski definition) is 9. The van der Waals surface area contributed by atoms with Crippen molar-refractivity contribution in [3.63, 3.8) is 0 Å². The summed E-state index contributed by atoms with van der Waals surface area (Å²) in [5, 5.41) is 0.430. The minimum atomic E-state index is -3.66. The molecule has 0 spiro atoms. The van der Waals surface area contributed by atoms with Crippen molar-refractivity contribution < 1.29 is 22.5 Å². The molecule has 39 heavy (non-hydrogen) atoms. The molecule has 0 aromatic heterocycles. The topological polar surface area (TPSA) is 164 Å². The van der Waals surface area contributed by atoms with Gasteiger partial charge in [-0.2, -0.15) is 13.4 Å². The number of aliphatic imine (C=N–C) groups is 2. The van der Waals surface area contributed by atoms with E-state index >= 15 is 0 Å². The number of rotatable bonds is 6. The zero-order valence-corrected chi connectivity index (χ0v) is 23.9. The van der Waals surface area contributed by atoms with E-state index in [1.54, 1.807) is 17.0 Å². The van der Waals surface area contributed by atoms with Crippen LogP contribution < -0.4 is 21.1 Å². The summed E-state index contributed by atoms with van der Waals surface area (Å²) in [6, 6.07) is 12.9. The van der Waals surface area contributed by atoms with Gasteiger partial charge in [0.1, 0.15) is 18.0 Å². The number of likely N-dealkylation sites (tertiary alicyclic amines) is 1. The number of amides is 1. The molecule has 0 bridgehead atoms. The molecule has 2 heterocycles. The molecule has 5 N–H and O–H groups in total. The molecule has 2 aliphatic heterocycles. The maximum atomic E-state index is 12.8. The fourth-order valence-corrected chi connectivity index (χ4v) is 4.46. The van der Waals surface area contributed by atoms with E-state index in [4.69, 9.17) is 32.4 Å². The predicted octanol–water partition coefficient (Wildman–Crippen LogP) is 3.62. The van der Waals surface area contributed by atoms with Crippen LogP contribution in [0.4, 0.5) is 5.69 Å². The molecular weight excluding hydrogens is 544 g/mol. The third kappa shape index (κ3) is 8.32. The Morgan fingerprint density at radius 1 is 1.13 bits per heavy atom. The molecule has 0 unspecified atom stereocenters. The molecule has 4 rings (SSSR count). The van der Waals surface area contributed by atoms with Crippen LogP contribution in [0.15, 0.2) is 52.4 Å². The highest BCUT2D eigenvalue weighted by Gasteiger charge is 2.33. The lowest BCUT2D eigenvalue weighted by Crippen LogP contribution is -2.54. The molecule has 0 aliphatic carbocycles. The summed E-state index contributed by atoms with van der Waals surface area (Å²) in [5.41, 5.74) is 13.5. The number of benzene rings is 2. The van der Waals surface area contributed by atoms with E-state index in [1.807, 2.05) is 49.1 Å². The highest BCUT2D eigenvalue weighted by molar-refractivity contribution is 7.85. The van der Waals surface area contributed by atoms with Gasteiger partial charge in [-0.1, -0.05) is 23.7 Å². The largest absolute Gasteiger partial charge is 0.487 e. The quantitative estimate of drug-likeness (QED) is 0.437. The van der Waals surface area contributed by atoms with E-state index in [-0.39, 0.29) is 23.6 Å². The second-order valence-electron chi connectivity index (χ2n) is 9.60. The van der Waals surface area contributed by atoms with E-state index in [0.717, 1.165) is 37.2 Å². The molecule has 0 atom stereocenters. The van der Waals surface area contributed by atoms with Crippen LogP contribution in [0, 0.1) is 0 Å². The van der Waals surface area contributed by atoms with Crippen molar-refractivity contribution in [3.05, 3.63) is 58.6 Å². The van der Waals surface area contributed by atoms with Gasteiger partial charge in [0.05, 0.1) is 10.8 Å². The molecule has 11 nitrogen and oxygen atoms in total. The average molecular weight is 579 g/mol. The van der Waals surface area contributed by atoms with E-state index < -0.39 is 15.8 Å². The number of carbonyl (C=O) groups excluding carboxylic acids is 1. The number of anilines is 1. The Morgan fingerprint density at radius 2 is 1.79 bits per heavy atom. The van der Waals surface area contributed by atoms with Crippen molar-refractivity contribution in [2.75, 3.05) is 23.7 Å². The third-order valence-corrected chi connectivity index (χ3v) is 7.17. The van der Waals surface area contributed by atoms with Crippen molar-refractivity contribution in [3.8, 4) is 5.75 Å². The van der Waals surface area contributed by atoms with E-state index in [9.17, 15) is 13.2 Å². The number of halogens is 1. The van der Waals surface area contributed by atoms with Crippen molar-refractivity contribution >= 4 is 45.2 Å². The van der Waals surface area contributed by atoms with Crippen molar-refractivity contribution in [1.29, 1.82) is 0 Å². The minimum Gasteiger partial charge on any atom is -0.487 e. The van der Waals surface area contributed by atoms with Gasteiger partial charge in [-0.05, 0) is 75.9 Å². The van der Waals surface area contributed by atoms with Gasteiger partial charge in [-0.25, -0.2) is 4.99 Å². The molecule has 212 valence electrons. The van der Waals surface area contributed by atoms with E-state index in [1.165, 1.54) is 13.3 Å². The molecule has 2 aliphatic rings. The molecule has 2 aromatic rings. The fraction of sp³-hybridized carbons (Fsp3) is 0.423. The number of hydrogen-bond donors (Lipinski definition) is 3. The molecule has 1 saturated heterocycles. The summed E-state index contributed by atoms with van der Waals surface area (Å²) in [7, 11) is -3.66. The van der Waals surface area contributed by atoms with Crippen molar-refractivity contribution in [1.82, 2.24) is 4.90 Å². The van der Waals surface area contributed by atoms with Crippen LogP contribution in [-0.4, -0.2) is 60.2 Å². The van der Waals surface area contributed by atoms with Crippen LogP contribution in [0.5, 0.6) is 5.75 Å². The Hall–Kier alpha value is -3.35. The maximum absolute atomic E-state index is 12.8. The van der Waals surface area contributed by atoms with Crippen LogP contribution in [0.3, 0.4) is 0 Å². The zero-order chi connectivity index (χ0) is 28.8. The van der Waals surface area contributed by atoms with E-state index in [0.29, 0.717) is 22.9 Å². The van der Waals surface area contributed by atoms with Crippen LogP contribution in [0.1, 0.15) is 56.0 Å². The fourth-order valence-electron chi connectivity index (χ4n) is 4.23. The molecular formula is C26H35ClN6O5S. The molecule has 0 radical (unpaired) electrons. The number of nitrogens with zero attached hydrogens (tertiary/aromatic N) is 4. The Bertz CT molecular complexity index is 1360. The summed E-state index contributed by atoms with van der Waals surface area (Å²) in [6.45, 7) is 7.08. The smallest absolute Gasteiger partial charge is 0.264 e. The first-order valence-electron chi connectivity index (χ1n) is 12.6. The second kappa shape index (κ2) is 12.7. The Kier molecular flexibility index (Phi) is 9.81. The van der Waals surface area contributed by atoms with Gasteiger partial charge in [-0.3, -0.25) is 14.2 Å². The SMILES string of the molecule is CC1(C)N=C(N)N=C(N)N1c1ccc(OCc2cccc(C(=O)N3CCCCC3)c2)c(Cl)c1.CCS(=O)(=O)O. The highest BCUT2D eigenvalue weighted by atomic mass is 35.5. The maximum Gasteiger partial charge on any atom is 0.264 e. The van der Waals surface area contributed by atoms with Crippen LogP contribution in [0.25, 0.3) is 0 Å². The van der Waals surface area contributed by atoms with Crippen molar-refractivity contribution in [2.45, 2.75) is 52.3 Å². The summed E-state index contributed by atoms with van der Waals surface area (Å²) in [5.74, 6) is 0.785. The van der Waals surface area contributed by atoms with E-state index in [2.05, 4.69) is 9.98 Å². The number of carbonyl (C=O) groups is 1.